The Balaban J connectivity index is 1.59. The Morgan fingerprint density at radius 1 is 1.00 bits per heavy atom. The number of hydrogen-bond acceptors (Lipinski definition) is 5. The lowest BCUT2D eigenvalue weighted by molar-refractivity contribution is -0.121. The summed E-state index contributed by atoms with van der Waals surface area (Å²) in [5, 5.41) is 7.76. The third-order valence-corrected chi connectivity index (χ3v) is 4.90. The molecule has 1 aromatic heterocycles. The Bertz CT molecular complexity index is 1110. The van der Waals surface area contributed by atoms with Crippen LogP contribution in [0.5, 0.6) is 11.5 Å². The third kappa shape index (κ3) is 6.34. The van der Waals surface area contributed by atoms with Crippen LogP contribution in [0.4, 0.5) is 0 Å². The van der Waals surface area contributed by atoms with Crippen molar-refractivity contribution in [2.45, 2.75) is 26.8 Å². The van der Waals surface area contributed by atoms with E-state index in [-0.39, 0.29) is 18.0 Å². The number of hydrogen-bond donors (Lipinski definition) is 1. The van der Waals surface area contributed by atoms with Crippen LogP contribution in [0.3, 0.4) is 0 Å². The quantitative estimate of drug-likeness (QED) is 0.503. The molecule has 3 rings (SSSR count). The minimum atomic E-state index is -0.342. The van der Waals surface area contributed by atoms with Crippen LogP contribution in [0.25, 0.3) is 11.3 Å². The lowest BCUT2D eigenvalue weighted by Gasteiger charge is -2.13. The number of nitrogens with zero attached hydrogens (tertiary/aromatic N) is 2. The lowest BCUT2D eigenvalue weighted by atomic mass is 10.1. The summed E-state index contributed by atoms with van der Waals surface area (Å²) in [5.74, 6) is 1.10. The van der Waals surface area contributed by atoms with Crippen molar-refractivity contribution in [2.24, 2.45) is 0 Å². The summed E-state index contributed by atoms with van der Waals surface area (Å²) in [6, 6.07) is 15.9. The van der Waals surface area contributed by atoms with E-state index in [2.05, 4.69) is 10.4 Å². The van der Waals surface area contributed by atoms with Crippen LogP contribution in [-0.4, -0.2) is 35.4 Å². The van der Waals surface area contributed by atoms with E-state index in [1.807, 2.05) is 44.2 Å². The molecule has 8 heteroatoms. The number of rotatable bonds is 10. The SMILES string of the molecule is CCOc1ccc(CCNC(=O)Cn2nc(-c3ccc(Cl)cc3)ccc2=O)cc1OCC. The zero-order valence-electron chi connectivity index (χ0n) is 18.1. The molecule has 0 bridgehead atoms. The van der Waals surface area contributed by atoms with Crippen LogP contribution in [0.2, 0.25) is 5.02 Å². The maximum Gasteiger partial charge on any atom is 0.267 e. The molecule has 0 aliphatic carbocycles. The van der Waals surface area contributed by atoms with E-state index in [0.717, 1.165) is 15.8 Å². The van der Waals surface area contributed by atoms with Crippen molar-refractivity contribution < 1.29 is 14.3 Å². The molecular formula is C24H26ClN3O4. The molecule has 1 N–H and O–H groups in total. The van der Waals surface area contributed by atoms with Gasteiger partial charge in [0, 0.05) is 23.2 Å². The smallest absolute Gasteiger partial charge is 0.267 e. The molecule has 1 heterocycles. The van der Waals surface area contributed by atoms with Crippen molar-refractivity contribution in [1.82, 2.24) is 15.1 Å². The first-order valence-corrected chi connectivity index (χ1v) is 10.9. The topological polar surface area (TPSA) is 82.5 Å². The average molecular weight is 456 g/mol. The van der Waals surface area contributed by atoms with Gasteiger partial charge in [0.1, 0.15) is 6.54 Å². The van der Waals surface area contributed by atoms with Gasteiger partial charge in [0.25, 0.3) is 5.56 Å². The summed E-state index contributed by atoms with van der Waals surface area (Å²) in [6.07, 6.45) is 0.616. The van der Waals surface area contributed by atoms with Gasteiger partial charge in [0.15, 0.2) is 11.5 Å². The predicted molar refractivity (Wildman–Crippen MR) is 124 cm³/mol. The summed E-state index contributed by atoms with van der Waals surface area (Å²) in [6.45, 7) is 5.20. The summed E-state index contributed by atoms with van der Waals surface area (Å²) in [5.41, 5.74) is 2.07. The highest BCUT2D eigenvalue weighted by atomic mass is 35.5. The summed E-state index contributed by atoms with van der Waals surface area (Å²) >= 11 is 5.92. The van der Waals surface area contributed by atoms with Gasteiger partial charge < -0.3 is 14.8 Å². The number of carbonyl (C=O) groups is 1. The number of ether oxygens (including phenoxy) is 2. The molecule has 0 radical (unpaired) electrons. The standard InChI is InChI=1S/C24H26ClN3O4/c1-3-31-21-11-5-17(15-22(21)32-4-2)13-14-26-23(29)16-28-24(30)12-10-20(27-28)18-6-8-19(25)9-7-18/h5-12,15H,3-4,13-14,16H2,1-2H3,(H,26,29). The Kier molecular flexibility index (Phi) is 8.27. The molecule has 0 atom stereocenters. The minimum absolute atomic E-state index is 0.159. The first-order chi connectivity index (χ1) is 15.5. The number of aromatic nitrogens is 2. The van der Waals surface area contributed by atoms with E-state index in [4.69, 9.17) is 21.1 Å². The third-order valence-electron chi connectivity index (χ3n) is 4.64. The van der Waals surface area contributed by atoms with Gasteiger partial charge in [-0.2, -0.15) is 5.10 Å². The molecule has 0 saturated carbocycles. The maximum absolute atomic E-state index is 12.4. The van der Waals surface area contributed by atoms with Crippen molar-refractivity contribution in [3.63, 3.8) is 0 Å². The zero-order valence-corrected chi connectivity index (χ0v) is 18.9. The molecule has 7 nitrogen and oxygen atoms in total. The molecule has 0 spiro atoms. The monoisotopic (exact) mass is 455 g/mol. The number of halogens is 1. The fourth-order valence-corrected chi connectivity index (χ4v) is 3.25. The van der Waals surface area contributed by atoms with Gasteiger partial charge in [0.2, 0.25) is 5.91 Å². The maximum atomic E-state index is 12.4. The molecular weight excluding hydrogens is 430 g/mol. The van der Waals surface area contributed by atoms with Crippen LogP contribution in [0, 0.1) is 0 Å². The van der Waals surface area contributed by atoms with Gasteiger partial charge in [-0.15, -0.1) is 0 Å². The van der Waals surface area contributed by atoms with Gasteiger partial charge in [-0.1, -0.05) is 29.8 Å². The van der Waals surface area contributed by atoms with Crippen LogP contribution >= 0.6 is 11.6 Å². The minimum Gasteiger partial charge on any atom is -0.490 e. The molecule has 32 heavy (non-hydrogen) atoms. The molecule has 0 unspecified atom stereocenters. The summed E-state index contributed by atoms with van der Waals surface area (Å²) in [4.78, 5) is 24.5. The van der Waals surface area contributed by atoms with Crippen molar-refractivity contribution in [2.75, 3.05) is 19.8 Å². The van der Waals surface area contributed by atoms with Gasteiger partial charge in [-0.25, -0.2) is 4.68 Å². The van der Waals surface area contributed by atoms with Gasteiger partial charge >= 0.3 is 0 Å². The van der Waals surface area contributed by atoms with E-state index in [1.54, 1.807) is 18.2 Å². The molecule has 1 amide bonds. The van der Waals surface area contributed by atoms with Crippen LogP contribution in [0.1, 0.15) is 19.4 Å². The second-order valence-electron chi connectivity index (χ2n) is 6.97. The molecule has 0 saturated heterocycles. The van der Waals surface area contributed by atoms with E-state index in [0.29, 0.717) is 48.4 Å². The van der Waals surface area contributed by atoms with Crippen molar-refractivity contribution in [1.29, 1.82) is 0 Å². The zero-order chi connectivity index (χ0) is 22.9. The number of benzene rings is 2. The van der Waals surface area contributed by atoms with Crippen molar-refractivity contribution >= 4 is 17.5 Å². The Morgan fingerprint density at radius 2 is 1.72 bits per heavy atom. The summed E-state index contributed by atoms with van der Waals surface area (Å²) < 4.78 is 12.4. The van der Waals surface area contributed by atoms with Crippen LogP contribution < -0.4 is 20.3 Å². The molecule has 168 valence electrons. The fraction of sp³-hybridized carbons (Fsp3) is 0.292. The number of carbonyl (C=O) groups excluding carboxylic acids is 1. The fourth-order valence-electron chi connectivity index (χ4n) is 3.13. The van der Waals surface area contributed by atoms with E-state index >= 15 is 0 Å². The largest absolute Gasteiger partial charge is 0.490 e. The molecule has 0 aliphatic rings. The van der Waals surface area contributed by atoms with Crippen LogP contribution in [0.15, 0.2) is 59.4 Å². The van der Waals surface area contributed by atoms with E-state index in [9.17, 15) is 9.59 Å². The number of nitrogens with one attached hydrogen (secondary N) is 1. The molecule has 0 aliphatic heterocycles. The van der Waals surface area contributed by atoms with Gasteiger partial charge in [-0.3, -0.25) is 9.59 Å². The molecule has 3 aromatic rings. The highest BCUT2D eigenvalue weighted by Gasteiger charge is 2.09. The number of amides is 1. The van der Waals surface area contributed by atoms with Gasteiger partial charge in [-0.05, 0) is 56.2 Å². The predicted octanol–water partition coefficient (Wildman–Crippen LogP) is 3.72. The van der Waals surface area contributed by atoms with Crippen LogP contribution in [-0.2, 0) is 17.8 Å². The van der Waals surface area contributed by atoms with E-state index < -0.39 is 0 Å². The molecule has 2 aromatic carbocycles. The highest BCUT2D eigenvalue weighted by Crippen LogP contribution is 2.28. The molecule has 0 fully saturated rings. The lowest BCUT2D eigenvalue weighted by Crippen LogP contribution is -2.34. The Labute approximate surface area is 191 Å². The van der Waals surface area contributed by atoms with Crippen molar-refractivity contribution in [3.8, 4) is 22.8 Å². The first-order valence-electron chi connectivity index (χ1n) is 10.5. The second-order valence-corrected chi connectivity index (χ2v) is 7.40. The van der Waals surface area contributed by atoms with E-state index in [1.165, 1.54) is 6.07 Å². The Morgan fingerprint density at radius 3 is 2.44 bits per heavy atom. The Hall–Kier alpha value is -3.32. The average Bonchev–Trinajstić information content (AvgIpc) is 2.78. The normalized spacial score (nSPS) is 10.6. The van der Waals surface area contributed by atoms with Gasteiger partial charge in [0.05, 0.1) is 18.9 Å². The van der Waals surface area contributed by atoms with Crippen molar-refractivity contribution in [3.05, 3.63) is 75.5 Å². The summed E-state index contributed by atoms with van der Waals surface area (Å²) in [7, 11) is 0. The highest BCUT2D eigenvalue weighted by molar-refractivity contribution is 6.30. The first kappa shape index (κ1) is 23.3. The second kappa shape index (κ2) is 11.3.